The molecule has 0 heterocycles. The molecule has 0 aliphatic rings. The monoisotopic (exact) mass is 169 g/mol. The molecule has 0 saturated heterocycles. The minimum Gasteiger partial charge on any atom is -0.381 e. The highest BCUT2D eigenvalue weighted by Crippen LogP contribution is 2.06. The molecule has 0 aliphatic carbocycles. The summed E-state index contributed by atoms with van der Waals surface area (Å²) in [6.07, 6.45) is 3.22. The van der Waals surface area contributed by atoms with Gasteiger partial charge in [-0.15, -0.1) is 0 Å². The van der Waals surface area contributed by atoms with Crippen molar-refractivity contribution < 1.29 is 4.74 Å². The van der Waals surface area contributed by atoms with Crippen LogP contribution in [0.15, 0.2) is 0 Å². The van der Waals surface area contributed by atoms with E-state index >= 15 is 0 Å². The van der Waals surface area contributed by atoms with Crippen molar-refractivity contribution in [2.45, 2.75) is 32.0 Å². The second kappa shape index (κ2) is 9.08. The smallest absolute Gasteiger partial charge is 0.0716 e. The van der Waals surface area contributed by atoms with Gasteiger partial charge < -0.3 is 10.1 Å². The van der Waals surface area contributed by atoms with Gasteiger partial charge >= 0.3 is 0 Å². The quantitative estimate of drug-likeness (QED) is 0.437. The first-order valence-corrected chi connectivity index (χ1v) is 4.79. The van der Waals surface area contributed by atoms with Gasteiger partial charge in [0.1, 0.15) is 0 Å². The van der Waals surface area contributed by atoms with Gasteiger partial charge in [-0.3, -0.25) is 0 Å². The summed E-state index contributed by atoms with van der Waals surface area (Å²) in [5.74, 6) is 0.278. The zero-order valence-electron chi connectivity index (χ0n) is 8.31. The van der Waals surface area contributed by atoms with Crippen LogP contribution in [-0.2, 0) is 4.74 Å². The third kappa shape index (κ3) is 8.09. The minimum absolute atomic E-state index is 0.278. The number of hydrogen-bond donors (Lipinski definition) is 1. The van der Waals surface area contributed by atoms with E-state index in [0.29, 0.717) is 0 Å². The molecular formula is C9H20BNO. The molecule has 0 rings (SSSR count). The standard InChI is InChI=1S/C9H20BNO/c1-3-6-12-7-4-5-9(10)8-11-2/h9,11H,3-8H2,1-2H3. The van der Waals surface area contributed by atoms with Gasteiger partial charge in [0.15, 0.2) is 0 Å². The van der Waals surface area contributed by atoms with Gasteiger partial charge in [-0.25, -0.2) is 0 Å². The molecule has 2 radical (unpaired) electrons. The predicted octanol–water partition coefficient (Wildman–Crippen LogP) is 1.37. The third-order valence-corrected chi connectivity index (χ3v) is 1.68. The second-order valence-electron chi connectivity index (χ2n) is 3.07. The molecular weight excluding hydrogens is 149 g/mol. The van der Waals surface area contributed by atoms with Crippen molar-refractivity contribution in [3.63, 3.8) is 0 Å². The van der Waals surface area contributed by atoms with Gasteiger partial charge in [-0.05, 0) is 26.4 Å². The molecule has 1 N–H and O–H groups in total. The Morgan fingerprint density at radius 3 is 2.75 bits per heavy atom. The van der Waals surface area contributed by atoms with E-state index in [2.05, 4.69) is 12.2 Å². The summed E-state index contributed by atoms with van der Waals surface area (Å²) in [7, 11) is 7.70. The highest BCUT2D eigenvalue weighted by Gasteiger charge is 1.98. The Balaban J connectivity index is 2.97. The summed E-state index contributed by atoms with van der Waals surface area (Å²) >= 11 is 0. The van der Waals surface area contributed by atoms with Gasteiger partial charge in [-0.1, -0.05) is 19.2 Å². The fourth-order valence-corrected chi connectivity index (χ4v) is 1.06. The number of ether oxygens (including phenoxy) is 1. The predicted molar refractivity (Wildman–Crippen MR) is 53.8 cm³/mol. The first kappa shape index (κ1) is 12.0. The van der Waals surface area contributed by atoms with E-state index in [9.17, 15) is 0 Å². The van der Waals surface area contributed by atoms with Crippen LogP contribution < -0.4 is 5.32 Å². The second-order valence-corrected chi connectivity index (χ2v) is 3.07. The Labute approximate surface area is 77.5 Å². The van der Waals surface area contributed by atoms with Crippen LogP contribution in [0, 0.1) is 0 Å². The first-order valence-electron chi connectivity index (χ1n) is 4.79. The van der Waals surface area contributed by atoms with Crippen LogP contribution in [0.5, 0.6) is 0 Å². The molecule has 70 valence electrons. The van der Waals surface area contributed by atoms with Crippen molar-refractivity contribution >= 4 is 7.85 Å². The maximum absolute atomic E-state index is 5.78. The molecule has 0 aromatic carbocycles. The van der Waals surface area contributed by atoms with Gasteiger partial charge in [0, 0.05) is 13.2 Å². The number of nitrogens with one attached hydrogen (secondary N) is 1. The molecule has 0 aliphatic heterocycles. The van der Waals surface area contributed by atoms with Gasteiger partial charge in [0.2, 0.25) is 0 Å². The molecule has 0 fully saturated rings. The van der Waals surface area contributed by atoms with Crippen molar-refractivity contribution in [1.29, 1.82) is 0 Å². The Morgan fingerprint density at radius 1 is 1.42 bits per heavy atom. The number of rotatable bonds is 8. The first-order chi connectivity index (χ1) is 5.81. The Hall–Kier alpha value is -0.0151. The van der Waals surface area contributed by atoms with Gasteiger partial charge in [0.25, 0.3) is 0 Å². The Bertz CT molecular complexity index is 90.6. The fourth-order valence-electron chi connectivity index (χ4n) is 1.06. The molecule has 0 aromatic heterocycles. The maximum atomic E-state index is 5.78. The van der Waals surface area contributed by atoms with E-state index < -0.39 is 0 Å². The average Bonchev–Trinajstić information content (AvgIpc) is 2.05. The lowest BCUT2D eigenvalue weighted by Crippen LogP contribution is -2.14. The largest absolute Gasteiger partial charge is 0.381 e. The molecule has 12 heavy (non-hydrogen) atoms. The summed E-state index contributed by atoms with van der Waals surface area (Å²) in [5, 5.41) is 3.05. The van der Waals surface area contributed by atoms with Crippen molar-refractivity contribution in [2.24, 2.45) is 0 Å². The third-order valence-electron chi connectivity index (χ3n) is 1.68. The van der Waals surface area contributed by atoms with Crippen molar-refractivity contribution in [3.8, 4) is 0 Å². The van der Waals surface area contributed by atoms with Gasteiger partial charge in [0.05, 0.1) is 7.85 Å². The average molecular weight is 169 g/mol. The van der Waals surface area contributed by atoms with Crippen LogP contribution in [0.4, 0.5) is 0 Å². The van der Waals surface area contributed by atoms with Crippen LogP contribution in [0.25, 0.3) is 0 Å². The molecule has 0 saturated carbocycles. The normalized spacial score (nSPS) is 13.2. The molecule has 2 nitrogen and oxygen atoms in total. The minimum atomic E-state index is 0.278. The van der Waals surface area contributed by atoms with E-state index in [-0.39, 0.29) is 5.82 Å². The molecule has 1 unspecified atom stereocenters. The lowest BCUT2D eigenvalue weighted by atomic mass is 9.83. The summed E-state index contributed by atoms with van der Waals surface area (Å²) in [4.78, 5) is 0. The van der Waals surface area contributed by atoms with Crippen LogP contribution in [-0.4, -0.2) is 34.7 Å². The van der Waals surface area contributed by atoms with Crippen molar-refractivity contribution in [1.82, 2.24) is 5.32 Å². The SMILES string of the molecule is [B]C(CCCOCCC)CNC. The molecule has 0 amide bonds. The number of hydrogen-bond acceptors (Lipinski definition) is 2. The van der Waals surface area contributed by atoms with E-state index in [4.69, 9.17) is 12.6 Å². The Morgan fingerprint density at radius 2 is 2.17 bits per heavy atom. The molecule has 3 heteroatoms. The lowest BCUT2D eigenvalue weighted by Gasteiger charge is -2.10. The Kier molecular flexibility index (Phi) is 9.06. The summed E-state index contributed by atoms with van der Waals surface area (Å²) in [5.41, 5.74) is 0. The molecule has 0 spiro atoms. The van der Waals surface area contributed by atoms with Crippen LogP contribution >= 0.6 is 0 Å². The van der Waals surface area contributed by atoms with Gasteiger partial charge in [-0.2, -0.15) is 0 Å². The topological polar surface area (TPSA) is 21.3 Å². The highest BCUT2D eigenvalue weighted by atomic mass is 16.5. The summed E-state index contributed by atoms with van der Waals surface area (Å²) < 4.78 is 5.34. The van der Waals surface area contributed by atoms with Crippen LogP contribution in [0.1, 0.15) is 26.2 Å². The van der Waals surface area contributed by atoms with E-state index in [1.807, 2.05) is 7.05 Å². The summed E-state index contributed by atoms with van der Waals surface area (Å²) in [6.45, 7) is 4.74. The molecule has 0 bridgehead atoms. The summed E-state index contributed by atoms with van der Waals surface area (Å²) in [6, 6.07) is 0. The van der Waals surface area contributed by atoms with Crippen LogP contribution in [0.2, 0.25) is 5.82 Å². The fraction of sp³-hybridized carbons (Fsp3) is 1.00. The highest BCUT2D eigenvalue weighted by molar-refractivity contribution is 6.11. The zero-order chi connectivity index (χ0) is 9.23. The van der Waals surface area contributed by atoms with Crippen LogP contribution in [0.3, 0.4) is 0 Å². The lowest BCUT2D eigenvalue weighted by molar-refractivity contribution is 0.130. The van der Waals surface area contributed by atoms with Crippen molar-refractivity contribution in [3.05, 3.63) is 0 Å². The zero-order valence-corrected chi connectivity index (χ0v) is 8.31. The van der Waals surface area contributed by atoms with E-state index in [1.165, 1.54) is 0 Å². The van der Waals surface area contributed by atoms with E-state index in [1.54, 1.807) is 0 Å². The van der Waals surface area contributed by atoms with Crippen molar-refractivity contribution in [2.75, 3.05) is 26.8 Å². The molecule has 0 aromatic rings. The molecule has 1 atom stereocenters. The maximum Gasteiger partial charge on any atom is 0.0716 e. The van der Waals surface area contributed by atoms with E-state index in [0.717, 1.165) is 39.0 Å².